The van der Waals surface area contributed by atoms with Gasteiger partial charge in [0, 0.05) is 44.8 Å². The van der Waals surface area contributed by atoms with Gasteiger partial charge in [0.1, 0.15) is 16.7 Å². The van der Waals surface area contributed by atoms with E-state index >= 15 is 0 Å². The van der Waals surface area contributed by atoms with Crippen LogP contribution in [0.5, 0.6) is 0 Å². The topological polar surface area (TPSA) is 44.3 Å². The van der Waals surface area contributed by atoms with Gasteiger partial charge in [0.05, 0.1) is 0 Å². The van der Waals surface area contributed by atoms with Crippen LogP contribution in [0.2, 0.25) is 0 Å². The standard InChI is InChI=1S/C14H24BrN5/c1-11(2)12(20-6-4-19(3)5-7-20)9-16-14-8-13(15)17-10-18-14/h8,10-12H,4-7,9H2,1-3H3,(H,16,17,18). The molecule has 2 heterocycles. The first-order valence-electron chi connectivity index (χ1n) is 7.20. The largest absolute Gasteiger partial charge is 0.368 e. The van der Waals surface area contributed by atoms with Crippen molar-refractivity contribution in [1.82, 2.24) is 19.8 Å². The highest BCUT2D eigenvalue weighted by molar-refractivity contribution is 9.10. The van der Waals surface area contributed by atoms with E-state index in [1.165, 1.54) is 0 Å². The molecular weight excluding hydrogens is 318 g/mol. The molecule has 1 atom stereocenters. The molecular formula is C14H24BrN5. The summed E-state index contributed by atoms with van der Waals surface area (Å²) in [6.07, 6.45) is 1.58. The van der Waals surface area contributed by atoms with Crippen LogP contribution >= 0.6 is 15.9 Å². The Balaban J connectivity index is 1.92. The Morgan fingerprint density at radius 3 is 2.55 bits per heavy atom. The van der Waals surface area contributed by atoms with Gasteiger partial charge in [0.25, 0.3) is 0 Å². The molecule has 6 heteroatoms. The maximum absolute atomic E-state index is 4.25. The van der Waals surface area contributed by atoms with E-state index in [9.17, 15) is 0 Å². The number of anilines is 1. The second-order valence-corrected chi connectivity index (χ2v) is 6.57. The van der Waals surface area contributed by atoms with Crippen molar-refractivity contribution in [3.05, 3.63) is 17.0 Å². The summed E-state index contributed by atoms with van der Waals surface area (Å²) in [5.74, 6) is 1.50. The molecule has 0 saturated carbocycles. The molecule has 1 fully saturated rings. The summed E-state index contributed by atoms with van der Waals surface area (Å²) in [7, 11) is 2.19. The maximum atomic E-state index is 4.25. The monoisotopic (exact) mass is 341 g/mol. The molecule has 5 nitrogen and oxygen atoms in total. The van der Waals surface area contributed by atoms with Crippen LogP contribution in [0.15, 0.2) is 17.0 Å². The Labute approximate surface area is 129 Å². The lowest BCUT2D eigenvalue weighted by Gasteiger charge is -2.40. The number of rotatable bonds is 5. The molecule has 1 aromatic heterocycles. The van der Waals surface area contributed by atoms with Gasteiger partial charge < -0.3 is 10.2 Å². The molecule has 0 spiro atoms. The van der Waals surface area contributed by atoms with Crippen LogP contribution in [0.25, 0.3) is 0 Å². The average molecular weight is 342 g/mol. The quantitative estimate of drug-likeness (QED) is 0.829. The number of nitrogens with zero attached hydrogens (tertiary/aromatic N) is 4. The third kappa shape index (κ3) is 4.40. The van der Waals surface area contributed by atoms with Crippen LogP contribution in [0.1, 0.15) is 13.8 Å². The van der Waals surface area contributed by atoms with Crippen molar-refractivity contribution < 1.29 is 0 Å². The molecule has 0 aliphatic carbocycles. The first-order valence-corrected chi connectivity index (χ1v) is 7.99. The summed E-state index contributed by atoms with van der Waals surface area (Å²) in [6.45, 7) is 10.1. The van der Waals surface area contributed by atoms with Crippen LogP contribution in [-0.4, -0.2) is 65.6 Å². The number of nitrogens with one attached hydrogen (secondary N) is 1. The maximum Gasteiger partial charge on any atom is 0.130 e. The normalized spacial score (nSPS) is 19.2. The Kier molecular flexibility index (Phi) is 5.74. The fourth-order valence-electron chi connectivity index (χ4n) is 2.58. The molecule has 1 N–H and O–H groups in total. The van der Waals surface area contributed by atoms with Gasteiger partial charge in [-0.05, 0) is 28.9 Å². The number of aromatic nitrogens is 2. The zero-order valence-corrected chi connectivity index (χ0v) is 14.1. The second-order valence-electron chi connectivity index (χ2n) is 5.76. The van der Waals surface area contributed by atoms with Crippen molar-refractivity contribution >= 4 is 21.7 Å². The molecule has 20 heavy (non-hydrogen) atoms. The predicted molar refractivity (Wildman–Crippen MR) is 85.9 cm³/mol. The number of likely N-dealkylation sites (N-methyl/N-ethyl adjacent to an activating group) is 1. The van der Waals surface area contributed by atoms with E-state index < -0.39 is 0 Å². The minimum Gasteiger partial charge on any atom is -0.368 e. The minimum absolute atomic E-state index is 0.539. The Hall–Kier alpha value is -0.720. The predicted octanol–water partition coefficient (Wildman–Crippen LogP) is 1.92. The molecule has 0 radical (unpaired) electrons. The highest BCUT2D eigenvalue weighted by atomic mass is 79.9. The van der Waals surface area contributed by atoms with Crippen LogP contribution in [0, 0.1) is 5.92 Å². The fourth-order valence-corrected chi connectivity index (χ4v) is 2.89. The number of hydrogen-bond acceptors (Lipinski definition) is 5. The van der Waals surface area contributed by atoms with E-state index in [-0.39, 0.29) is 0 Å². The summed E-state index contributed by atoms with van der Waals surface area (Å²) in [6, 6.07) is 2.46. The van der Waals surface area contributed by atoms with Crippen LogP contribution in [-0.2, 0) is 0 Å². The Bertz CT molecular complexity index is 418. The molecule has 0 aromatic carbocycles. The van der Waals surface area contributed by atoms with Crippen molar-refractivity contribution in [3.8, 4) is 0 Å². The Morgan fingerprint density at radius 2 is 1.95 bits per heavy atom. The lowest BCUT2D eigenvalue weighted by molar-refractivity contribution is 0.0944. The summed E-state index contributed by atoms with van der Waals surface area (Å²) in [5.41, 5.74) is 0. The van der Waals surface area contributed by atoms with Crippen molar-refractivity contribution in [2.24, 2.45) is 5.92 Å². The summed E-state index contributed by atoms with van der Waals surface area (Å²) in [5, 5.41) is 3.44. The van der Waals surface area contributed by atoms with E-state index in [1.54, 1.807) is 6.33 Å². The fraction of sp³-hybridized carbons (Fsp3) is 0.714. The van der Waals surface area contributed by atoms with E-state index in [1.807, 2.05) is 6.07 Å². The van der Waals surface area contributed by atoms with E-state index in [0.29, 0.717) is 12.0 Å². The van der Waals surface area contributed by atoms with Gasteiger partial charge in [-0.25, -0.2) is 9.97 Å². The van der Waals surface area contributed by atoms with Crippen molar-refractivity contribution in [1.29, 1.82) is 0 Å². The zero-order valence-electron chi connectivity index (χ0n) is 12.5. The first kappa shape index (κ1) is 15.7. The second kappa shape index (κ2) is 7.33. The zero-order chi connectivity index (χ0) is 14.5. The third-order valence-corrected chi connectivity index (χ3v) is 4.34. The molecule has 1 saturated heterocycles. The van der Waals surface area contributed by atoms with Crippen molar-refractivity contribution in [3.63, 3.8) is 0 Å². The SMILES string of the molecule is CC(C)C(CNc1cc(Br)ncn1)N1CCN(C)CC1. The van der Waals surface area contributed by atoms with Gasteiger partial charge in [-0.2, -0.15) is 0 Å². The van der Waals surface area contributed by atoms with Crippen molar-refractivity contribution in [2.45, 2.75) is 19.9 Å². The molecule has 2 rings (SSSR count). The van der Waals surface area contributed by atoms with E-state index in [4.69, 9.17) is 0 Å². The summed E-state index contributed by atoms with van der Waals surface area (Å²) >= 11 is 3.37. The molecule has 0 bridgehead atoms. The summed E-state index contributed by atoms with van der Waals surface area (Å²) in [4.78, 5) is 13.3. The van der Waals surface area contributed by atoms with E-state index in [2.05, 4.69) is 61.9 Å². The van der Waals surface area contributed by atoms with Crippen LogP contribution in [0.4, 0.5) is 5.82 Å². The Morgan fingerprint density at radius 1 is 1.25 bits per heavy atom. The first-order chi connectivity index (χ1) is 9.56. The highest BCUT2D eigenvalue weighted by Gasteiger charge is 2.24. The van der Waals surface area contributed by atoms with Gasteiger partial charge in [-0.3, -0.25) is 4.90 Å². The van der Waals surface area contributed by atoms with Gasteiger partial charge in [0.15, 0.2) is 0 Å². The van der Waals surface area contributed by atoms with Crippen molar-refractivity contribution in [2.75, 3.05) is 45.1 Å². The third-order valence-electron chi connectivity index (χ3n) is 3.90. The molecule has 1 aromatic rings. The van der Waals surface area contributed by atoms with Crippen LogP contribution < -0.4 is 5.32 Å². The van der Waals surface area contributed by atoms with Gasteiger partial charge in [-0.15, -0.1) is 0 Å². The van der Waals surface area contributed by atoms with Gasteiger partial charge >= 0.3 is 0 Å². The lowest BCUT2D eigenvalue weighted by atomic mass is 10.0. The van der Waals surface area contributed by atoms with Gasteiger partial charge in [0.2, 0.25) is 0 Å². The molecule has 1 unspecified atom stereocenters. The molecule has 112 valence electrons. The lowest BCUT2D eigenvalue weighted by Crippen LogP contribution is -2.52. The van der Waals surface area contributed by atoms with Crippen LogP contribution in [0.3, 0.4) is 0 Å². The minimum atomic E-state index is 0.539. The number of piperazine rings is 1. The number of halogens is 1. The van der Waals surface area contributed by atoms with Gasteiger partial charge in [-0.1, -0.05) is 13.8 Å². The molecule has 1 aliphatic heterocycles. The molecule has 0 amide bonds. The van der Waals surface area contributed by atoms with E-state index in [0.717, 1.165) is 43.1 Å². The summed E-state index contributed by atoms with van der Waals surface area (Å²) < 4.78 is 0.815. The highest BCUT2D eigenvalue weighted by Crippen LogP contribution is 2.15. The smallest absolute Gasteiger partial charge is 0.130 e. The molecule has 1 aliphatic rings. The average Bonchev–Trinajstić information content (AvgIpc) is 2.41. The number of hydrogen-bond donors (Lipinski definition) is 1.